The van der Waals surface area contributed by atoms with Crippen molar-refractivity contribution in [3.05, 3.63) is 20.8 Å². The molecule has 0 fully saturated rings. The third kappa shape index (κ3) is 8.12. The quantitative estimate of drug-likeness (QED) is 0.699. The van der Waals surface area contributed by atoms with Crippen molar-refractivity contribution in [3.63, 3.8) is 0 Å². The summed E-state index contributed by atoms with van der Waals surface area (Å²) in [6, 6.07) is 2.07. The standard InChI is InChI=1S/C15H25BrN2O3S/c1-11(19)9-18(14(20)21-15(2,3)4)6-5-17-8-13-7-12(16)10-22-13/h7,10-11,17,19H,5-6,8-9H2,1-4H3. The largest absolute Gasteiger partial charge is 0.444 e. The van der Waals surface area contributed by atoms with Crippen LogP contribution >= 0.6 is 27.3 Å². The van der Waals surface area contributed by atoms with E-state index in [1.807, 2.05) is 26.2 Å². The number of halogens is 1. The molecule has 5 nitrogen and oxygen atoms in total. The summed E-state index contributed by atoms with van der Waals surface area (Å²) in [5.74, 6) is 0. The lowest BCUT2D eigenvalue weighted by Gasteiger charge is -2.28. The van der Waals surface area contributed by atoms with E-state index in [0.29, 0.717) is 13.1 Å². The van der Waals surface area contributed by atoms with E-state index in [4.69, 9.17) is 4.74 Å². The summed E-state index contributed by atoms with van der Waals surface area (Å²) in [4.78, 5) is 14.9. The van der Waals surface area contributed by atoms with Gasteiger partial charge >= 0.3 is 6.09 Å². The molecule has 7 heteroatoms. The van der Waals surface area contributed by atoms with Gasteiger partial charge in [-0.2, -0.15) is 0 Å². The SMILES string of the molecule is CC(O)CN(CCNCc1cc(Br)cs1)C(=O)OC(C)(C)C. The fraction of sp³-hybridized carbons (Fsp3) is 0.667. The number of rotatable bonds is 7. The van der Waals surface area contributed by atoms with Gasteiger partial charge in [0.05, 0.1) is 6.10 Å². The van der Waals surface area contributed by atoms with Crippen LogP contribution in [0.25, 0.3) is 0 Å². The summed E-state index contributed by atoms with van der Waals surface area (Å²) in [6.45, 7) is 9.31. The molecule has 0 saturated heterocycles. The summed E-state index contributed by atoms with van der Waals surface area (Å²) in [5.41, 5.74) is -0.537. The van der Waals surface area contributed by atoms with Crippen LogP contribution in [0.4, 0.5) is 4.79 Å². The molecule has 0 aliphatic rings. The Labute approximate surface area is 144 Å². The first kappa shape index (κ1) is 19.4. The smallest absolute Gasteiger partial charge is 0.410 e. The Morgan fingerprint density at radius 1 is 1.55 bits per heavy atom. The van der Waals surface area contributed by atoms with Crippen LogP contribution in [0.1, 0.15) is 32.6 Å². The van der Waals surface area contributed by atoms with E-state index in [1.54, 1.807) is 18.3 Å². The minimum Gasteiger partial charge on any atom is -0.444 e. The van der Waals surface area contributed by atoms with Gasteiger partial charge in [-0.25, -0.2) is 4.79 Å². The zero-order valence-corrected chi connectivity index (χ0v) is 16.0. The Morgan fingerprint density at radius 3 is 2.73 bits per heavy atom. The average molecular weight is 393 g/mol. The summed E-state index contributed by atoms with van der Waals surface area (Å²) in [7, 11) is 0. The maximum absolute atomic E-state index is 12.1. The molecule has 22 heavy (non-hydrogen) atoms. The van der Waals surface area contributed by atoms with Crippen molar-refractivity contribution in [3.8, 4) is 0 Å². The van der Waals surface area contributed by atoms with E-state index < -0.39 is 17.8 Å². The molecule has 1 unspecified atom stereocenters. The van der Waals surface area contributed by atoms with Gasteiger partial charge in [0, 0.05) is 40.9 Å². The summed E-state index contributed by atoms with van der Waals surface area (Å²) in [6.07, 6.45) is -0.977. The van der Waals surface area contributed by atoms with Gasteiger partial charge in [0.2, 0.25) is 0 Å². The Kier molecular flexibility index (Phi) is 7.82. The Bertz CT molecular complexity index is 472. The summed E-state index contributed by atoms with van der Waals surface area (Å²) in [5, 5.41) is 14.9. The van der Waals surface area contributed by atoms with Crippen LogP contribution in [0.2, 0.25) is 0 Å². The molecule has 1 heterocycles. The van der Waals surface area contributed by atoms with Gasteiger partial charge in [-0.15, -0.1) is 11.3 Å². The molecule has 1 rings (SSSR count). The third-order valence-corrected chi connectivity index (χ3v) is 4.31. The number of aliphatic hydroxyl groups excluding tert-OH is 1. The van der Waals surface area contributed by atoms with Crippen molar-refractivity contribution in [2.45, 2.75) is 45.9 Å². The monoisotopic (exact) mass is 392 g/mol. The Hall–Kier alpha value is -0.630. The number of nitrogens with one attached hydrogen (secondary N) is 1. The van der Waals surface area contributed by atoms with Gasteiger partial charge in [0.15, 0.2) is 0 Å². The van der Waals surface area contributed by atoms with Crippen LogP contribution in [-0.4, -0.2) is 47.4 Å². The number of amides is 1. The minimum absolute atomic E-state index is 0.265. The molecular weight excluding hydrogens is 368 g/mol. The number of thiophene rings is 1. The van der Waals surface area contributed by atoms with Crippen molar-refractivity contribution in [1.29, 1.82) is 0 Å². The van der Waals surface area contributed by atoms with E-state index in [-0.39, 0.29) is 6.54 Å². The Balaban J connectivity index is 2.42. The van der Waals surface area contributed by atoms with Crippen LogP contribution in [0.5, 0.6) is 0 Å². The van der Waals surface area contributed by atoms with Crippen molar-refractivity contribution in [1.82, 2.24) is 10.2 Å². The maximum atomic E-state index is 12.1. The minimum atomic E-state index is -0.583. The molecule has 1 atom stereocenters. The maximum Gasteiger partial charge on any atom is 0.410 e. The average Bonchev–Trinajstić information content (AvgIpc) is 2.76. The molecule has 0 aromatic carbocycles. The van der Waals surface area contributed by atoms with Gasteiger partial charge in [-0.3, -0.25) is 0 Å². The predicted octanol–water partition coefficient (Wildman–Crippen LogP) is 3.22. The van der Waals surface area contributed by atoms with E-state index in [1.165, 1.54) is 9.78 Å². The molecule has 2 N–H and O–H groups in total. The molecule has 0 bridgehead atoms. The zero-order chi connectivity index (χ0) is 16.8. The number of hydrogen-bond acceptors (Lipinski definition) is 5. The van der Waals surface area contributed by atoms with Crippen molar-refractivity contribution in [2.75, 3.05) is 19.6 Å². The molecule has 1 aromatic rings. The molecular formula is C15H25BrN2O3S. The lowest BCUT2D eigenvalue weighted by atomic mass is 10.2. The highest BCUT2D eigenvalue weighted by Gasteiger charge is 2.22. The van der Waals surface area contributed by atoms with Crippen LogP contribution in [0.15, 0.2) is 15.9 Å². The topological polar surface area (TPSA) is 61.8 Å². The van der Waals surface area contributed by atoms with E-state index in [2.05, 4.69) is 27.3 Å². The highest BCUT2D eigenvalue weighted by atomic mass is 79.9. The van der Waals surface area contributed by atoms with Crippen LogP contribution in [0.3, 0.4) is 0 Å². The van der Waals surface area contributed by atoms with E-state index in [0.717, 1.165) is 11.0 Å². The molecule has 0 aliphatic carbocycles. The second-order valence-electron chi connectivity index (χ2n) is 6.18. The van der Waals surface area contributed by atoms with Crippen molar-refractivity contribution < 1.29 is 14.6 Å². The van der Waals surface area contributed by atoms with Gasteiger partial charge < -0.3 is 20.1 Å². The van der Waals surface area contributed by atoms with Gasteiger partial charge in [-0.05, 0) is 49.7 Å². The molecule has 0 spiro atoms. The fourth-order valence-corrected chi connectivity index (χ4v) is 3.20. The van der Waals surface area contributed by atoms with Crippen LogP contribution in [-0.2, 0) is 11.3 Å². The van der Waals surface area contributed by atoms with Crippen molar-refractivity contribution in [2.24, 2.45) is 0 Å². The van der Waals surface area contributed by atoms with E-state index in [9.17, 15) is 9.90 Å². The lowest BCUT2D eigenvalue weighted by molar-refractivity contribution is 0.0164. The van der Waals surface area contributed by atoms with Gasteiger partial charge in [0.1, 0.15) is 5.60 Å². The molecule has 0 radical (unpaired) electrons. The first-order chi connectivity index (χ1) is 10.2. The number of ether oxygens (including phenoxy) is 1. The number of carbonyl (C=O) groups is 1. The third-order valence-electron chi connectivity index (χ3n) is 2.62. The zero-order valence-electron chi connectivity index (χ0n) is 13.6. The molecule has 1 aromatic heterocycles. The highest BCUT2D eigenvalue weighted by Crippen LogP contribution is 2.19. The first-order valence-corrected chi connectivity index (χ1v) is 8.94. The highest BCUT2D eigenvalue weighted by molar-refractivity contribution is 9.10. The number of aliphatic hydroxyl groups is 1. The molecule has 0 saturated carbocycles. The van der Waals surface area contributed by atoms with Gasteiger partial charge in [-0.1, -0.05) is 0 Å². The van der Waals surface area contributed by atoms with Crippen LogP contribution < -0.4 is 5.32 Å². The fourth-order valence-electron chi connectivity index (χ4n) is 1.77. The second-order valence-corrected chi connectivity index (χ2v) is 8.09. The Morgan fingerprint density at radius 2 is 2.23 bits per heavy atom. The molecule has 0 aliphatic heterocycles. The van der Waals surface area contributed by atoms with Crippen molar-refractivity contribution >= 4 is 33.4 Å². The predicted molar refractivity (Wildman–Crippen MR) is 93.2 cm³/mol. The number of carbonyl (C=O) groups excluding carboxylic acids is 1. The number of nitrogens with zero attached hydrogens (tertiary/aromatic N) is 1. The summed E-state index contributed by atoms with van der Waals surface area (Å²) >= 11 is 5.10. The first-order valence-electron chi connectivity index (χ1n) is 7.27. The van der Waals surface area contributed by atoms with E-state index >= 15 is 0 Å². The lowest BCUT2D eigenvalue weighted by Crippen LogP contribution is -2.43. The van der Waals surface area contributed by atoms with Gasteiger partial charge in [0.25, 0.3) is 0 Å². The molecule has 126 valence electrons. The second kappa shape index (κ2) is 8.86. The summed E-state index contributed by atoms with van der Waals surface area (Å²) < 4.78 is 6.45. The van der Waals surface area contributed by atoms with Crippen LogP contribution in [0, 0.1) is 0 Å². The normalized spacial score (nSPS) is 13.0. The number of hydrogen-bond donors (Lipinski definition) is 2. The molecule has 1 amide bonds.